The number of benzene rings is 1. The number of hydrogen-bond acceptors (Lipinski definition) is 3. The molecule has 1 aromatic heterocycles. The minimum atomic E-state index is 0.395. The molecular formula is C20H22Cl2N2O. The first kappa shape index (κ1) is 18.1. The lowest BCUT2D eigenvalue weighted by Crippen LogP contribution is -2.31. The van der Waals surface area contributed by atoms with Gasteiger partial charge >= 0.3 is 0 Å². The fourth-order valence-electron chi connectivity index (χ4n) is 2.94. The molecule has 0 saturated carbocycles. The molecule has 0 spiro atoms. The summed E-state index contributed by atoms with van der Waals surface area (Å²) in [6.45, 7) is 9.08. The SMILES string of the molecule is C=C(c1cncc(COc2ccc(Cl)cc2Cl)c1)N1CCC(C)CC1. The second-order valence-corrected chi connectivity index (χ2v) is 7.41. The molecule has 0 unspecified atom stereocenters. The molecule has 3 rings (SSSR count). The zero-order valence-electron chi connectivity index (χ0n) is 14.3. The number of likely N-dealkylation sites (tertiary alicyclic amines) is 1. The number of halogens is 2. The smallest absolute Gasteiger partial charge is 0.138 e. The van der Waals surface area contributed by atoms with Crippen LogP contribution in [0.25, 0.3) is 5.70 Å². The predicted octanol–water partition coefficient (Wildman–Crippen LogP) is 5.67. The third-order valence-corrected chi connectivity index (χ3v) is 5.11. The van der Waals surface area contributed by atoms with Gasteiger partial charge in [0, 0.05) is 47.3 Å². The Bertz CT molecular complexity index is 755. The average Bonchev–Trinajstić information content (AvgIpc) is 2.61. The Labute approximate surface area is 159 Å². The van der Waals surface area contributed by atoms with Gasteiger partial charge in [0.2, 0.25) is 0 Å². The van der Waals surface area contributed by atoms with Crippen LogP contribution >= 0.6 is 23.2 Å². The van der Waals surface area contributed by atoms with Crippen molar-refractivity contribution in [1.29, 1.82) is 0 Å². The molecule has 1 fully saturated rings. The highest BCUT2D eigenvalue weighted by Gasteiger charge is 2.18. The zero-order chi connectivity index (χ0) is 17.8. The molecule has 0 N–H and O–H groups in total. The first-order chi connectivity index (χ1) is 12.0. The number of piperidine rings is 1. The van der Waals surface area contributed by atoms with Crippen molar-refractivity contribution < 1.29 is 4.74 Å². The van der Waals surface area contributed by atoms with E-state index in [9.17, 15) is 0 Å². The summed E-state index contributed by atoms with van der Waals surface area (Å²) >= 11 is 12.1. The minimum Gasteiger partial charge on any atom is -0.487 e. The number of pyridine rings is 1. The van der Waals surface area contributed by atoms with Crippen LogP contribution < -0.4 is 4.74 Å². The van der Waals surface area contributed by atoms with Crippen molar-refractivity contribution in [2.75, 3.05) is 13.1 Å². The van der Waals surface area contributed by atoms with Crippen LogP contribution in [-0.4, -0.2) is 23.0 Å². The van der Waals surface area contributed by atoms with E-state index >= 15 is 0 Å². The average molecular weight is 377 g/mol. The van der Waals surface area contributed by atoms with Crippen LogP contribution in [0.5, 0.6) is 5.75 Å². The van der Waals surface area contributed by atoms with Gasteiger partial charge in [0.15, 0.2) is 0 Å². The lowest BCUT2D eigenvalue weighted by atomic mass is 9.98. The van der Waals surface area contributed by atoms with Gasteiger partial charge in [0.05, 0.1) is 5.02 Å². The van der Waals surface area contributed by atoms with Gasteiger partial charge in [-0.3, -0.25) is 4.98 Å². The van der Waals surface area contributed by atoms with Crippen molar-refractivity contribution >= 4 is 28.9 Å². The molecule has 0 atom stereocenters. The molecule has 0 radical (unpaired) electrons. The fraction of sp³-hybridized carbons (Fsp3) is 0.350. The number of nitrogens with zero attached hydrogens (tertiary/aromatic N) is 2. The molecule has 132 valence electrons. The Hall–Kier alpha value is -1.71. The van der Waals surface area contributed by atoms with Crippen molar-refractivity contribution in [3.05, 3.63) is 64.4 Å². The van der Waals surface area contributed by atoms with E-state index in [2.05, 4.69) is 29.5 Å². The summed E-state index contributed by atoms with van der Waals surface area (Å²) in [7, 11) is 0. The van der Waals surface area contributed by atoms with Gasteiger partial charge in [-0.25, -0.2) is 0 Å². The maximum Gasteiger partial charge on any atom is 0.138 e. The van der Waals surface area contributed by atoms with E-state index in [1.54, 1.807) is 24.4 Å². The Morgan fingerprint density at radius 2 is 2.00 bits per heavy atom. The Kier molecular flexibility index (Phi) is 5.87. The second-order valence-electron chi connectivity index (χ2n) is 6.56. The lowest BCUT2D eigenvalue weighted by Gasteiger charge is -2.33. The highest BCUT2D eigenvalue weighted by atomic mass is 35.5. The van der Waals surface area contributed by atoms with Gasteiger partial charge in [0.1, 0.15) is 12.4 Å². The number of hydrogen-bond donors (Lipinski definition) is 0. The van der Waals surface area contributed by atoms with Crippen LogP contribution in [0.4, 0.5) is 0 Å². The van der Waals surface area contributed by atoms with E-state index in [-0.39, 0.29) is 0 Å². The highest BCUT2D eigenvalue weighted by Crippen LogP contribution is 2.29. The third kappa shape index (κ3) is 4.68. The first-order valence-electron chi connectivity index (χ1n) is 8.49. The van der Waals surface area contributed by atoms with Crippen LogP contribution in [-0.2, 0) is 6.61 Å². The van der Waals surface area contributed by atoms with E-state index in [1.807, 2.05) is 6.20 Å². The van der Waals surface area contributed by atoms with Crippen LogP contribution in [0.15, 0.2) is 43.2 Å². The summed E-state index contributed by atoms with van der Waals surface area (Å²) in [5, 5.41) is 1.09. The van der Waals surface area contributed by atoms with E-state index in [0.717, 1.165) is 35.8 Å². The van der Waals surface area contributed by atoms with E-state index in [1.165, 1.54) is 12.8 Å². The Morgan fingerprint density at radius 3 is 2.72 bits per heavy atom. The number of rotatable bonds is 5. The van der Waals surface area contributed by atoms with Gasteiger partial charge in [-0.15, -0.1) is 0 Å². The molecule has 25 heavy (non-hydrogen) atoms. The highest BCUT2D eigenvalue weighted by molar-refractivity contribution is 6.35. The zero-order valence-corrected chi connectivity index (χ0v) is 15.9. The molecule has 5 heteroatoms. The lowest BCUT2D eigenvalue weighted by molar-refractivity contribution is 0.268. The normalized spacial score (nSPS) is 15.2. The minimum absolute atomic E-state index is 0.395. The molecule has 1 aromatic carbocycles. The standard InChI is InChI=1S/C20H22Cl2N2O/c1-14-5-7-24(8-6-14)15(2)17-9-16(11-23-12-17)13-25-20-4-3-18(21)10-19(20)22/h3-4,9-12,14H,2,5-8,13H2,1H3. The maximum absolute atomic E-state index is 6.14. The molecule has 2 aromatic rings. The summed E-state index contributed by atoms with van der Waals surface area (Å²) in [5.41, 5.74) is 3.05. The maximum atomic E-state index is 6.14. The van der Waals surface area contributed by atoms with E-state index in [0.29, 0.717) is 22.4 Å². The van der Waals surface area contributed by atoms with Gasteiger partial charge in [-0.05, 0) is 43.0 Å². The van der Waals surface area contributed by atoms with Crippen molar-refractivity contribution in [3.63, 3.8) is 0 Å². The number of aromatic nitrogens is 1. The van der Waals surface area contributed by atoms with Gasteiger partial charge in [-0.2, -0.15) is 0 Å². The van der Waals surface area contributed by atoms with Crippen LogP contribution in [0.3, 0.4) is 0 Å². The van der Waals surface area contributed by atoms with Crippen molar-refractivity contribution in [3.8, 4) is 5.75 Å². The summed E-state index contributed by atoms with van der Waals surface area (Å²) in [6, 6.07) is 7.29. The molecule has 2 heterocycles. The van der Waals surface area contributed by atoms with Gasteiger partial charge in [-0.1, -0.05) is 36.7 Å². The Balaban J connectivity index is 1.66. The topological polar surface area (TPSA) is 25.4 Å². The predicted molar refractivity (Wildman–Crippen MR) is 104 cm³/mol. The third-order valence-electron chi connectivity index (χ3n) is 4.58. The largest absolute Gasteiger partial charge is 0.487 e. The molecule has 1 saturated heterocycles. The second kappa shape index (κ2) is 8.11. The van der Waals surface area contributed by atoms with Crippen molar-refractivity contribution in [1.82, 2.24) is 9.88 Å². The van der Waals surface area contributed by atoms with Crippen LogP contribution in [0, 0.1) is 5.92 Å². The summed E-state index contributed by atoms with van der Waals surface area (Å²) < 4.78 is 5.80. The van der Waals surface area contributed by atoms with Crippen molar-refractivity contribution in [2.24, 2.45) is 5.92 Å². The van der Waals surface area contributed by atoms with Gasteiger partial charge < -0.3 is 9.64 Å². The summed E-state index contributed by atoms with van der Waals surface area (Å²) in [5.74, 6) is 1.41. The molecule has 3 nitrogen and oxygen atoms in total. The quantitative estimate of drug-likeness (QED) is 0.671. The monoisotopic (exact) mass is 376 g/mol. The van der Waals surface area contributed by atoms with E-state index in [4.69, 9.17) is 27.9 Å². The molecule has 0 bridgehead atoms. The summed E-state index contributed by atoms with van der Waals surface area (Å²) in [6.07, 6.45) is 6.09. The van der Waals surface area contributed by atoms with Crippen LogP contribution in [0.2, 0.25) is 10.0 Å². The molecule has 0 aliphatic carbocycles. The van der Waals surface area contributed by atoms with E-state index < -0.39 is 0 Å². The van der Waals surface area contributed by atoms with Gasteiger partial charge in [0.25, 0.3) is 0 Å². The van der Waals surface area contributed by atoms with Crippen LogP contribution in [0.1, 0.15) is 30.9 Å². The van der Waals surface area contributed by atoms with Crippen molar-refractivity contribution in [2.45, 2.75) is 26.4 Å². The molecule has 0 amide bonds. The molecular weight excluding hydrogens is 355 g/mol. The molecule has 1 aliphatic rings. The number of ether oxygens (including phenoxy) is 1. The Morgan fingerprint density at radius 1 is 1.24 bits per heavy atom. The first-order valence-corrected chi connectivity index (χ1v) is 9.24. The fourth-order valence-corrected chi connectivity index (χ4v) is 3.40. The summed E-state index contributed by atoms with van der Waals surface area (Å²) in [4.78, 5) is 6.69. The molecule has 1 aliphatic heterocycles.